The summed E-state index contributed by atoms with van der Waals surface area (Å²) in [5.74, 6) is 0.761. The van der Waals surface area contributed by atoms with Gasteiger partial charge in [-0.3, -0.25) is 4.79 Å². The Morgan fingerprint density at radius 3 is 2.53 bits per heavy atom. The number of carboxylic acid groups (broad SMARTS) is 1. The smallest absolute Gasteiger partial charge is 0.321 e. The third-order valence-corrected chi connectivity index (χ3v) is 4.25. The highest BCUT2D eigenvalue weighted by Crippen LogP contribution is 2.21. The van der Waals surface area contributed by atoms with Crippen LogP contribution < -0.4 is 5.32 Å². The Hall–Kier alpha value is -1.00. The lowest BCUT2D eigenvalue weighted by atomic mass is 10.1. The fourth-order valence-electron chi connectivity index (χ4n) is 2.17. The molecule has 1 saturated carbocycles. The average Bonchev–Trinajstić information content (AvgIpc) is 3.10. The molecule has 1 aliphatic rings. The van der Waals surface area contributed by atoms with Gasteiger partial charge in [0, 0.05) is 17.5 Å². The molecule has 0 aromatic heterocycles. The molecule has 0 heterocycles. The summed E-state index contributed by atoms with van der Waals surface area (Å²) < 4.78 is 0. The number of rotatable bonds is 7. The predicted octanol–water partition coefficient (Wildman–Crippen LogP) is 2.74. The van der Waals surface area contributed by atoms with Crippen LogP contribution in [0.1, 0.15) is 29.5 Å². The van der Waals surface area contributed by atoms with Crippen LogP contribution >= 0.6 is 11.8 Å². The molecule has 0 aliphatic heterocycles. The van der Waals surface area contributed by atoms with Crippen LogP contribution in [-0.2, 0) is 10.5 Å². The van der Waals surface area contributed by atoms with E-state index in [1.807, 2.05) is 0 Å². The first kappa shape index (κ1) is 14.4. The van der Waals surface area contributed by atoms with Crippen LogP contribution in [0.2, 0.25) is 0 Å². The second-order valence-corrected chi connectivity index (χ2v) is 6.37. The van der Waals surface area contributed by atoms with Gasteiger partial charge in [0.2, 0.25) is 0 Å². The molecule has 2 rings (SSSR count). The summed E-state index contributed by atoms with van der Waals surface area (Å²) in [4.78, 5) is 11.1. The molecule has 1 aromatic rings. The highest BCUT2D eigenvalue weighted by molar-refractivity contribution is 7.98. The third-order valence-electron chi connectivity index (χ3n) is 3.15. The lowest BCUT2D eigenvalue weighted by molar-refractivity contribution is -0.138. The second kappa shape index (κ2) is 6.44. The van der Waals surface area contributed by atoms with Crippen molar-refractivity contribution in [3.8, 4) is 0 Å². The Kier molecular flexibility index (Phi) is 4.88. The van der Waals surface area contributed by atoms with Gasteiger partial charge in [0.05, 0.1) is 0 Å². The molecule has 1 aromatic carbocycles. The summed E-state index contributed by atoms with van der Waals surface area (Å²) in [6.45, 7) is 4.19. The van der Waals surface area contributed by atoms with E-state index in [4.69, 9.17) is 5.11 Å². The molecule has 0 bridgehead atoms. The maximum atomic E-state index is 11.1. The Morgan fingerprint density at radius 1 is 1.37 bits per heavy atom. The number of thioether (sulfide) groups is 1. The first-order valence-electron chi connectivity index (χ1n) is 6.68. The number of carboxylic acids is 1. The van der Waals surface area contributed by atoms with E-state index < -0.39 is 12.0 Å². The molecule has 0 radical (unpaired) electrons. The molecule has 0 amide bonds. The van der Waals surface area contributed by atoms with E-state index in [1.165, 1.54) is 16.7 Å². The number of aryl methyl sites for hydroxylation is 2. The molecule has 3 nitrogen and oxygen atoms in total. The van der Waals surface area contributed by atoms with Crippen molar-refractivity contribution in [3.05, 3.63) is 34.9 Å². The van der Waals surface area contributed by atoms with Crippen molar-refractivity contribution in [2.45, 2.75) is 44.5 Å². The summed E-state index contributed by atoms with van der Waals surface area (Å²) in [5, 5.41) is 12.3. The molecule has 2 N–H and O–H groups in total. The minimum atomic E-state index is -0.736. The molecule has 19 heavy (non-hydrogen) atoms. The number of benzene rings is 1. The van der Waals surface area contributed by atoms with Crippen LogP contribution in [0.15, 0.2) is 18.2 Å². The van der Waals surface area contributed by atoms with Gasteiger partial charge in [0.25, 0.3) is 0 Å². The fraction of sp³-hybridized carbons (Fsp3) is 0.533. The lowest BCUT2D eigenvalue weighted by Gasteiger charge is -2.13. The number of nitrogens with one attached hydrogen (secondary N) is 1. The molecule has 104 valence electrons. The Labute approximate surface area is 118 Å². The van der Waals surface area contributed by atoms with Gasteiger partial charge in [0.1, 0.15) is 6.04 Å². The van der Waals surface area contributed by atoms with Gasteiger partial charge in [-0.15, -0.1) is 0 Å². The monoisotopic (exact) mass is 279 g/mol. The second-order valence-electron chi connectivity index (χ2n) is 5.34. The Balaban J connectivity index is 1.81. The summed E-state index contributed by atoms with van der Waals surface area (Å²) in [6, 6.07) is 6.52. The summed E-state index contributed by atoms with van der Waals surface area (Å²) in [6.07, 6.45) is 2.23. The summed E-state index contributed by atoms with van der Waals surface area (Å²) >= 11 is 1.69. The van der Waals surface area contributed by atoms with Crippen LogP contribution in [0, 0.1) is 13.8 Å². The number of hydrogen-bond donors (Lipinski definition) is 2. The zero-order valence-electron chi connectivity index (χ0n) is 11.5. The van der Waals surface area contributed by atoms with Crippen LogP contribution in [0.25, 0.3) is 0 Å². The molecule has 1 unspecified atom stereocenters. The van der Waals surface area contributed by atoms with Crippen LogP contribution in [0.5, 0.6) is 0 Å². The van der Waals surface area contributed by atoms with Crippen LogP contribution in [0.3, 0.4) is 0 Å². The molecule has 0 saturated heterocycles. The Bertz CT molecular complexity index is 437. The largest absolute Gasteiger partial charge is 0.480 e. The maximum absolute atomic E-state index is 11.1. The number of hydrogen-bond acceptors (Lipinski definition) is 3. The third kappa shape index (κ3) is 4.88. The highest BCUT2D eigenvalue weighted by Gasteiger charge is 2.27. The molecule has 1 fully saturated rings. The van der Waals surface area contributed by atoms with Crippen LogP contribution in [-0.4, -0.2) is 28.9 Å². The standard InChI is InChI=1S/C15H21NO2S/c1-10-5-11(2)7-12(6-10)8-19-9-14(15(17)18)16-13-3-4-13/h5-7,13-14,16H,3-4,8-9H2,1-2H3,(H,17,18). The van der Waals surface area contributed by atoms with Crippen LogP contribution in [0.4, 0.5) is 0 Å². The van der Waals surface area contributed by atoms with Crippen molar-refractivity contribution >= 4 is 17.7 Å². The molecular weight excluding hydrogens is 258 g/mol. The number of aliphatic carboxylic acids is 1. The van der Waals surface area contributed by atoms with Gasteiger partial charge in [-0.2, -0.15) is 11.8 Å². The van der Waals surface area contributed by atoms with Gasteiger partial charge >= 0.3 is 5.97 Å². The van der Waals surface area contributed by atoms with E-state index in [9.17, 15) is 4.79 Å². The van der Waals surface area contributed by atoms with Crippen molar-refractivity contribution in [2.24, 2.45) is 0 Å². The van der Waals surface area contributed by atoms with Crippen molar-refractivity contribution < 1.29 is 9.90 Å². The molecule has 4 heteroatoms. The van der Waals surface area contributed by atoms with E-state index in [2.05, 4.69) is 37.4 Å². The SMILES string of the molecule is Cc1cc(C)cc(CSCC(NC2CC2)C(=O)O)c1. The van der Waals surface area contributed by atoms with E-state index in [0.717, 1.165) is 18.6 Å². The zero-order chi connectivity index (χ0) is 13.8. The highest BCUT2D eigenvalue weighted by atomic mass is 32.2. The summed E-state index contributed by atoms with van der Waals surface area (Å²) in [5.41, 5.74) is 3.81. The van der Waals surface area contributed by atoms with Crippen molar-refractivity contribution in [1.29, 1.82) is 0 Å². The zero-order valence-corrected chi connectivity index (χ0v) is 12.3. The van der Waals surface area contributed by atoms with E-state index in [-0.39, 0.29) is 0 Å². The topological polar surface area (TPSA) is 49.3 Å². The normalized spacial score (nSPS) is 16.3. The van der Waals surface area contributed by atoms with Crippen molar-refractivity contribution in [3.63, 3.8) is 0 Å². The average molecular weight is 279 g/mol. The summed E-state index contributed by atoms with van der Waals surface area (Å²) in [7, 11) is 0. The van der Waals surface area contributed by atoms with Crippen molar-refractivity contribution in [2.75, 3.05) is 5.75 Å². The van der Waals surface area contributed by atoms with E-state index in [1.54, 1.807) is 11.8 Å². The predicted molar refractivity (Wildman–Crippen MR) is 79.7 cm³/mol. The molecule has 1 atom stereocenters. The molecule has 0 spiro atoms. The first-order valence-corrected chi connectivity index (χ1v) is 7.84. The van der Waals surface area contributed by atoms with Gasteiger partial charge in [-0.05, 0) is 32.3 Å². The molecular formula is C15H21NO2S. The quantitative estimate of drug-likeness (QED) is 0.806. The van der Waals surface area contributed by atoms with Crippen molar-refractivity contribution in [1.82, 2.24) is 5.32 Å². The van der Waals surface area contributed by atoms with E-state index in [0.29, 0.717) is 11.8 Å². The van der Waals surface area contributed by atoms with Gasteiger partial charge in [-0.25, -0.2) is 0 Å². The maximum Gasteiger partial charge on any atom is 0.321 e. The lowest BCUT2D eigenvalue weighted by Crippen LogP contribution is -2.40. The number of carbonyl (C=O) groups is 1. The van der Waals surface area contributed by atoms with E-state index >= 15 is 0 Å². The minimum absolute atomic E-state index is 0.414. The van der Waals surface area contributed by atoms with Gasteiger partial charge in [0.15, 0.2) is 0 Å². The minimum Gasteiger partial charge on any atom is -0.480 e. The fourth-order valence-corrected chi connectivity index (χ4v) is 3.17. The van der Waals surface area contributed by atoms with Gasteiger partial charge in [-0.1, -0.05) is 29.3 Å². The first-order chi connectivity index (χ1) is 9.04. The molecule has 1 aliphatic carbocycles. The Morgan fingerprint density at radius 2 is 2.00 bits per heavy atom. The van der Waals surface area contributed by atoms with Gasteiger partial charge < -0.3 is 10.4 Å².